The number of benzene rings is 1. The third-order valence-electron chi connectivity index (χ3n) is 3.35. The fourth-order valence-electron chi connectivity index (χ4n) is 2.11. The van der Waals surface area contributed by atoms with Gasteiger partial charge in [-0.1, -0.05) is 0 Å². The van der Waals surface area contributed by atoms with Crippen LogP contribution in [0.2, 0.25) is 0 Å². The summed E-state index contributed by atoms with van der Waals surface area (Å²) in [7, 11) is 3.23. The summed E-state index contributed by atoms with van der Waals surface area (Å²) in [5.41, 5.74) is 1.81. The van der Waals surface area contributed by atoms with Crippen molar-refractivity contribution in [3.63, 3.8) is 0 Å². The van der Waals surface area contributed by atoms with Crippen molar-refractivity contribution >= 4 is 38.9 Å². The first-order chi connectivity index (χ1) is 11.5. The average Bonchev–Trinajstić information content (AvgIpc) is 2.89. The number of aryl methyl sites for hydroxylation is 2. The monoisotopic (exact) mass is 412 g/mol. The van der Waals surface area contributed by atoms with Crippen LogP contribution in [0, 0.1) is 6.92 Å². The van der Waals surface area contributed by atoms with Gasteiger partial charge in [0.15, 0.2) is 5.11 Å². The second kappa shape index (κ2) is 8.89. The zero-order chi connectivity index (χ0) is 17.5. The van der Waals surface area contributed by atoms with E-state index in [2.05, 4.69) is 31.7 Å². The largest absolute Gasteiger partial charge is 0.497 e. The molecule has 0 saturated carbocycles. The standard InChI is InChI=1S/C16H21BrN4O2S/c1-11-15(17)10-21(20-11)6-4-5-18-16(24)19-12-7-13(22-2)9-14(8-12)23-3/h7-10H,4-6H2,1-3H3,(H2,18,19,24). The van der Waals surface area contributed by atoms with Crippen LogP contribution in [0.1, 0.15) is 12.1 Å². The number of halogens is 1. The topological polar surface area (TPSA) is 60.3 Å². The maximum Gasteiger partial charge on any atom is 0.170 e. The van der Waals surface area contributed by atoms with E-state index in [1.165, 1.54) is 0 Å². The summed E-state index contributed by atoms with van der Waals surface area (Å²) < 4.78 is 13.4. The molecule has 6 nitrogen and oxygen atoms in total. The van der Waals surface area contributed by atoms with Crippen molar-refractivity contribution in [3.05, 3.63) is 34.6 Å². The van der Waals surface area contributed by atoms with Gasteiger partial charge in [-0.15, -0.1) is 0 Å². The highest BCUT2D eigenvalue weighted by Gasteiger charge is 2.04. The molecule has 0 radical (unpaired) electrons. The van der Waals surface area contributed by atoms with Gasteiger partial charge in [0.1, 0.15) is 11.5 Å². The Morgan fingerprint density at radius 3 is 2.46 bits per heavy atom. The smallest absolute Gasteiger partial charge is 0.170 e. The number of methoxy groups -OCH3 is 2. The molecule has 0 fully saturated rings. The summed E-state index contributed by atoms with van der Waals surface area (Å²) in [5.74, 6) is 1.42. The Labute approximate surface area is 155 Å². The number of hydrogen-bond acceptors (Lipinski definition) is 4. The number of nitrogens with zero attached hydrogens (tertiary/aromatic N) is 2. The van der Waals surface area contributed by atoms with E-state index >= 15 is 0 Å². The molecule has 0 aliphatic heterocycles. The van der Waals surface area contributed by atoms with Crippen LogP contribution in [0.25, 0.3) is 0 Å². The van der Waals surface area contributed by atoms with Crippen LogP contribution in [0.3, 0.4) is 0 Å². The van der Waals surface area contributed by atoms with E-state index in [0.717, 1.165) is 35.4 Å². The van der Waals surface area contributed by atoms with E-state index in [1.807, 2.05) is 36.0 Å². The van der Waals surface area contributed by atoms with Gasteiger partial charge in [-0.2, -0.15) is 5.10 Å². The molecular weight excluding hydrogens is 392 g/mol. The molecule has 2 aromatic rings. The van der Waals surface area contributed by atoms with Gasteiger partial charge in [-0.3, -0.25) is 4.68 Å². The zero-order valence-corrected chi connectivity index (χ0v) is 16.3. The van der Waals surface area contributed by atoms with Gasteiger partial charge in [-0.25, -0.2) is 0 Å². The predicted molar refractivity (Wildman–Crippen MR) is 103 cm³/mol. The Morgan fingerprint density at radius 2 is 1.92 bits per heavy atom. The molecule has 0 amide bonds. The second-order valence-electron chi connectivity index (χ2n) is 5.16. The molecule has 0 saturated heterocycles. The van der Waals surface area contributed by atoms with E-state index in [0.29, 0.717) is 16.6 Å². The number of anilines is 1. The van der Waals surface area contributed by atoms with Gasteiger partial charge in [-0.05, 0) is 41.5 Å². The summed E-state index contributed by atoms with van der Waals surface area (Å²) >= 11 is 8.77. The minimum Gasteiger partial charge on any atom is -0.497 e. The van der Waals surface area contributed by atoms with Gasteiger partial charge < -0.3 is 20.1 Å². The van der Waals surface area contributed by atoms with Crippen LogP contribution in [-0.2, 0) is 6.54 Å². The highest BCUT2D eigenvalue weighted by atomic mass is 79.9. The van der Waals surface area contributed by atoms with Crippen LogP contribution in [0.15, 0.2) is 28.9 Å². The van der Waals surface area contributed by atoms with E-state index in [-0.39, 0.29) is 0 Å². The lowest BCUT2D eigenvalue weighted by Gasteiger charge is -2.13. The molecule has 0 aliphatic rings. The van der Waals surface area contributed by atoms with Crippen molar-refractivity contribution in [1.29, 1.82) is 0 Å². The van der Waals surface area contributed by atoms with Gasteiger partial charge >= 0.3 is 0 Å². The Morgan fingerprint density at radius 1 is 1.25 bits per heavy atom. The molecular formula is C16H21BrN4O2S. The van der Waals surface area contributed by atoms with E-state index in [4.69, 9.17) is 21.7 Å². The summed E-state index contributed by atoms with van der Waals surface area (Å²) in [6, 6.07) is 5.53. The highest BCUT2D eigenvalue weighted by molar-refractivity contribution is 9.10. The molecule has 1 heterocycles. The Bertz CT molecular complexity index is 664. The third-order valence-corrected chi connectivity index (χ3v) is 4.37. The molecule has 1 aromatic heterocycles. The molecule has 2 rings (SSSR count). The average molecular weight is 413 g/mol. The minimum absolute atomic E-state index is 0.558. The van der Waals surface area contributed by atoms with Crippen LogP contribution >= 0.6 is 28.1 Å². The lowest BCUT2D eigenvalue weighted by molar-refractivity contribution is 0.395. The summed E-state index contributed by atoms with van der Waals surface area (Å²) in [5, 5.41) is 11.3. The molecule has 0 atom stereocenters. The van der Waals surface area contributed by atoms with E-state index in [1.54, 1.807) is 14.2 Å². The molecule has 8 heteroatoms. The van der Waals surface area contributed by atoms with Gasteiger partial charge in [0.2, 0.25) is 0 Å². The van der Waals surface area contributed by atoms with Crippen molar-refractivity contribution in [1.82, 2.24) is 15.1 Å². The highest BCUT2D eigenvalue weighted by Crippen LogP contribution is 2.25. The minimum atomic E-state index is 0.558. The number of ether oxygens (including phenoxy) is 2. The third kappa shape index (κ3) is 5.38. The van der Waals surface area contributed by atoms with Crippen molar-refractivity contribution in [2.45, 2.75) is 19.9 Å². The first kappa shape index (κ1) is 18.5. The van der Waals surface area contributed by atoms with Crippen molar-refractivity contribution in [2.24, 2.45) is 0 Å². The SMILES string of the molecule is COc1cc(NC(=S)NCCCn2cc(Br)c(C)n2)cc(OC)c1. The van der Waals surface area contributed by atoms with Crippen LogP contribution in [0.5, 0.6) is 11.5 Å². The molecule has 2 N–H and O–H groups in total. The molecule has 0 spiro atoms. The molecule has 0 bridgehead atoms. The first-order valence-electron chi connectivity index (χ1n) is 7.49. The van der Waals surface area contributed by atoms with Crippen molar-refractivity contribution in [3.8, 4) is 11.5 Å². The van der Waals surface area contributed by atoms with E-state index in [9.17, 15) is 0 Å². The summed E-state index contributed by atoms with van der Waals surface area (Å²) in [6.07, 6.45) is 2.89. The van der Waals surface area contributed by atoms with Crippen LogP contribution in [0.4, 0.5) is 5.69 Å². The number of aromatic nitrogens is 2. The Balaban J connectivity index is 1.78. The molecule has 1 aromatic carbocycles. The number of rotatable bonds is 7. The lowest BCUT2D eigenvalue weighted by atomic mass is 10.3. The van der Waals surface area contributed by atoms with Crippen molar-refractivity contribution < 1.29 is 9.47 Å². The maximum atomic E-state index is 5.32. The maximum absolute atomic E-state index is 5.32. The van der Waals surface area contributed by atoms with Gasteiger partial charge in [0.25, 0.3) is 0 Å². The fourth-order valence-corrected chi connectivity index (χ4v) is 2.64. The fraction of sp³-hybridized carbons (Fsp3) is 0.375. The molecule has 130 valence electrons. The van der Waals surface area contributed by atoms with Crippen LogP contribution < -0.4 is 20.1 Å². The second-order valence-corrected chi connectivity index (χ2v) is 6.42. The number of nitrogens with one attached hydrogen (secondary N) is 2. The Kier molecular flexibility index (Phi) is 6.86. The normalized spacial score (nSPS) is 10.3. The Hall–Kier alpha value is -1.80. The van der Waals surface area contributed by atoms with Crippen LogP contribution in [-0.4, -0.2) is 35.7 Å². The zero-order valence-electron chi connectivity index (χ0n) is 13.9. The van der Waals surface area contributed by atoms with E-state index < -0.39 is 0 Å². The van der Waals surface area contributed by atoms with Gasteiger partial charge in [0, 0.05) is 43.2 Å². The van der Waals surface area contributed by atoms with Crippen molar-refractivity contribution in [2.75, 3.05) is 26.1 Å². The first-order valence-corrected chi connectivity index (χ1v) is 8.69. The quantitative estimate of drug-likeness (QED) is 0.537. The summed E-state index contributed by atoms with van der Waals surface area (Å²) in [6.45, 7) is 3.55. The lowest BCUT2D eigenvalue weighted by Crippen LogP contribution is -2.29. The predicted octanol–water partition coefficient (Wildman–Crippen LogP) is 3.35. The number of thiocarbonyl (C=S) groups is 1. The molecule has 0 unspecified atom stereocenters. The van der Waals surface area contributed by atoms with Gasteiger partial charge in [0.05, 0.1) is 24.4 Å². The molecule has 0 aliphatic carbocycles. The summed E-state index contributed by atoms with van der Waals surface area (Å²) in [4.78, 5) is 0. The molecule has 24 heavy (non-hydrogen) atoms. The number of hydrogen-bond donors (Lipinski definition) is 2.